The molecule has 1 heterocycles. The van der Waals surface area contributed by atoms with Crippen LogP contribution < -0.4 is 10.5 Å². The van der Waals surface area contributed by atoms with Crippen molar-refractivity contribution < 1.29 is 4.74 Å². The molecule has 0 amide bonds. The maximum absolute atomic E-state index is 6.03. The molecule has 0 spiro atoms. The maximum atomic E-state index is 6.03. The van der Waals surface area contributed by atoms with E-state index in [9.17, 15) is 0 Å². The molecule has 0 aliphatic heterocycles. The van der Waals surface area contributed by atoms with Crippen LogP contribution in [0.4, 0.5) is 5.82 Å². The minimum atomic E-state index is 0.186. The van der Waals surface area contributed by atoms with Gasteiger partial charge in [0.1, 0.15) is 22.9 Å². The molecule has 6 heteroatoms. The molecule has 0 aliphatic rings. The van der Waals surface area contributed by atoms with Crippen LogP contribution >= 0.6 is 23.2 Å². The lowest BCUT2D eigenvalue weighted by Crippen LogP contribution is -1.96. The average Bonchev–Trinajstić information content (AvgIpc) is 2.37. The second-order valence-electron chi connectivity index (χ2n) is 3.59. The van der Waals surface area contributed by atoms with Crippen LogP contribution in [0.25, 0.3) is 0 Å². The second-order valence-corrected chi connectivity index (χ2v) is 4.37. The van der Waals surface area contributed by atoms with Gasteiger partial charge in [-0.15, -0.1) is 0 Å². The SMILES string of the molecule is CCc1cc(Oc2ncnc(N)c2Cl)ccc1Cl. The van der Waals surface area contributed by atoms with Gasteiger partial charge in [0.15, 0.2) is 0 Å². The molecule has 0 aliphatic carbocycles. The van der Waals surface area contributed by atoms with Gasteiger partial charge in [0, 0.05) is 5.02 Å². The molecule has 18 heavy (non-hydrogen) atoms. The van der Waals surface area contributed by atoms with E-state index in [0.29, 0.717) is 10.8 Å². The monoisotopic (exact) mass is 283 g/mol. The summed E-state index contributed by atoms with van der Waals surface area (Å²) in [6.07, 6.45) is 2.11. The van der Waals surface area contributed by atoms with Gasteiger partial charge in [-0.2, -0.15) is 4.98 Å². The summed E-state index contributed by atoms with van der Waals surface area (Å²) < 4.78 is 5.57. The van der Waals surface area contributed by atoms with Gasteiger partial charge in [-0.1, -0.05) is 30.1 Å². The number of anilines is 1. The lowest BCUT2D eigenvalue weighted by Gasteiger charge is -2.09. The van der Waals surface area contributed by atoms with E-state index in [2.05, 4.69) is 9.97 Å². The van der Waals surface area contributed by atoms with Gasteiger partial charge in [-0.25, -0.2) is 4.98 Å². The molecule has 2 rings (SSSR count). The highest BCUT2D eigenvalue weighted by Gasteiger charge is 2.09. The average molecular weight is 284 g/mol. The number of hydrogen-bond acceptors (Lipinski definition) is 4. The normalized spacial score (nSPS) is 10.4. The number of rotatable bonds is 3. The number of nitrogens with zero attached hydrogens (tertiary/aromatic N) is 2. The topological polar surface area (TPSA) is 61.0 Å². The van der Waals surface area contributed by atoms with Crippen LogP contribution in [0.3, 0.4) is 0 Å². The number of nitrogen functional groups attached to an aromatic ring is 1. The van der Waals surface area contributed by atoms with E-state index < -0.39 is 0 Å². The van der Waals surface area contributed by atoms with Crippen LogP contribution in [0.2, 0.25) is 10.0 Å². The number of aromatic nitrogens is 2. The Morgan fingerprint density at radius 1 is 1.28 bits per heavy atom. The molecule has 0 saturated carbocycles. The fourth-order valence-electron chi connectivity index (χ4n) is 1.43. The van der Waals surface area contributed by atoms with Crippen LogP contribution in [0, 0.1) is 0 Å². The molecule has 0 fully saturated rings. The molecule has 94 valence electrons. The number of aryl methyl sites for hydroxylation is 1. The van der Waals surface area contributed by atoms with Gasteiger partial charge in [0.05, 0.1) is 0 Å². The van der Waals surface area contributed by atoms with E-state index in [1.807, 2.05) is 13.0 Å². The van der Waals surface area contributed by atoms with Gasteiger partial charge in [-0.3, -0.25) is 0 Å². The van der Waals surface area contributed by atoms with E-state index in [1.54, 1.807) is 12.1 Å². The Labute approximate surface area is 115 Å². The first-order chi connectivity index (χ1) is 8.61. The largest absolute Gasteiger partial charge is 0.437 e. The molecule has 4 nitrogen and oxygen atoms in total. The number of benzene rings is 1. The first-order valence-corrected chi connectivity index (χ1v) is 6.09. The quantitative estimate of drug-likeness (QED) is 0.933. The van der Waals surface area contributed by atoms with E-state index in [1.165, 1.54) is 6.33 Å². The predicted octanol–water partition coefficient (Wildman–Crippen LogP) is 3.72. The summed E-state index contributed by atoms with van der Waals surface area (Å²) in [5.41, 5.74) is 6.56. The number of nitrogens with two attached hydrogens (primary N) is 1. The van der Waals surface area contributed by atoms with E-state index in [0.717, 1.165) is 12.0 Å². The minimum absolute atomic E-state index is 0.186. The number of halogens is 2. The van der Waals surface area contributed by atoms with E-state index in [-0.39, 0.29) is 16.7 Å². The Bertz CT molecular complexity index is 575. The van der Waals surface area contributed by atoms with Crippen LogP contribution in [0.15, 0.2) is 24.5 Å². The van der Waals surface area contributed by atoms with Gasteiger partial charge < -0.3 is 10.5 Å². The van der Waals surface area contributed by atoms with Crippen molar-refractivity contribution in [3.8, 4) is 11.6 Å². The first kappa shape index (κ1) is 12.9. The smallest absolute Gasteiger partial charge is 0.243 e. The third kappa shape index (κ3) is 2.66. The first-order valence-electron chi connectivity index (χ1n) is 5.34. The fraction of sp³-hybridized carbons (Fsp3) is 0.167. The highest BCUT2D eigenvalue weighted by Crippen LogP contribution is 2.31. The highest BCUT2D eigenvalue weighted by molar-refractivity contribution is 6.34. The summed E-state index contributed by atoms with van der Waals surface area (Å²) in [5.74, 6) is 1.02. The Kier molecular flexibility index (Phi) is 3.89. The van der Waals surface area contributed by atoms with Gasteiger partial charge >= 0.3 is 0 Å². The number of ether oxygens (including phenoxy) is 1. The van der Waals surface area contributed by atoms with E-state index in [4.69, 9.17) is 33.7 Å². The summed E-state index contributed by atoms with van der Waals surface area (Å²) in [5, 5.41) is 0.906. The van der Waals surface area contributed by atoms with Crippen LogP contribution in [-0.4, -0.2) is 9.97 Å². The zero-order valence-electron chi connectivity index (χ0n) is 9.65. The highest BCUT2D eigenvalue weighted by atomic mass is 35.5. The van der Waals surface area contributed by atoms with Crippen molar-refractivity contribution in [1.82, 2.24) is 9.97 Å². The zero-order chi connectivity index (χ0) is 13.1. The fourth-order valence-corrected chi connectivity index (χ4v) is 1.82. The van der Waals surface area contributed by atoms with Crippen molar-refractivity contribution in [1.29, 1.82) is 0 Å². The predicted molar refractivity (Wildman–Crippen MR) is 72.4 cm³/mol. The molecular weight excluding hydrogens is 273 g/mol. The lowest BCUT2D eigenvalue weighted by molar-refractivity contribution is 0.461. The summed E-state index contributed by atoms with van der Waals surface area (Å²) in [6, 6.07) is 5.36. The summed E-state index contributed by atoms with van der Waals surface area (Å²) >= 11 is 12.0. The van der Waals surface area contributed by atoms with Gasteiger partial charge in [0.2, 0.25) is 5.88 Å². The van der Waals surface area contributed by atoms with Crippen molar-refractivity contribution >= 4 is 29.0 Å². The Morgan fingerprint density at radius 2 is 2.06 bits per heavy atom. The summed E-state index contributed by atoms with van der Waals surface area (Å²) in [4.78, 5) is 7.70. The Hall–Kier alpha value is -1.52. The molecular formula is C12H11Cl2N3O. The van der Waals surface area contributed by atoms with Gasteiger partial charge in [0.25, 0.3) is 0 Å². The zero-order valence-corrected chi connectivity index (χ0v) is 11.2. The molecule has 0 atom stereocenters. The summed E-state index contributed by atoms with van der Waals surface area (Å²) in [7, 11) is 0. The summed E-state index contributed by atoms with van der Waals surface area (Å²) in [6.45, 7) is 2.01. The standard InChI is InChI=1S/C12H11Cl2N3O/c1-2-7-5-8(3-4-9(7)13)18-12-10(14)11(15)16-6-17-12/h3-6H,2H2,1H3,(H2,15,16,17). The molecule has 0 unspecified atom stereocenters. The molecule has 0 bridgehead atoms. The van der Waals surface area contributed by atoms with Crippen LogP contribution in [0.1, 0.15) is 12.5 Å². The van der Waals surface area contributed by atoms with Crippen molar-refractivity contribution in [2.45, 2.75) is 13.3 Å². The lowest BCUT2D eigenvalue weighted by atomic mass is 10.1. The minimum Gasteiger partial charge on any atom is -0.437 e. The molecule has 0 saturated heterocycles. The molecule has 1 aromatic carbocycles. The molecule has 0 radical (unpaired) electrons. The Morgan fingerprint density at radius 3 is 2.78 bits per heavy atom. The molecule has 1 aromatic heterocycles. The van der Waals surface area contributed by atoms with Gasteiger partial charge in [-0.05, 0) is 30.2 Å². The van der Waals surface area contributed by atoms with Crippen LogP contribution in [-0.2, 0) is 6.42 Å². The second kappa shape index (κ2) is 5.42. The van der Waals surface area contributed by atoms with Crippen molar-refractivity contribution in [3.63, 3.8) is 0 Å². The van der Waals surface area contributed by atoms with Crippen LogP contribution in [0.5, 0.6) is 11.6 Å². The number of hydrogen-bond donors (Lipinski definition) is 1. The van der Waals surface area contributed by atoms with Crippen molar-refractivity contribution in [2.75, 3.05) is 5.73 Å². The Balaban J connectivity index is 2.31. The van der Waals surface area contributed by atoms with E-state index >= 15 is 0 Å². The molecule has 2 aromatic rings. The van der Waals surface area contributed by atoms with Crippen molar-refractivity contribution in [3.05, 3.63) is 40.1 Å². The third-order valence-corrected chi connectivity index (χ3v) is 3.12. The third-order valence-electron chi connectivity index (χ3n) is 2.40. The molecule has 2 N–H and O–H groups in total. The van der Waals surface area contributed by atoms with Crippen molar-refractivity contribution in [2.24, 2.45) is 0 Å². The maximum Gasteiger partial charge on any atom is 0.243 e.